The minimum Gasteiger partial charge on any atom is -0.497 e. The predicted octanol–water partition coefficient (Wildman–Crippen LogP) is 5.03. The van der Waals surface area contributed by atoms with E-state index < -0.39 is 5.63 Å². The number of hydrogen-bond acceptors (Lipinski definition) is 7. The molecular formula is C21H17ClN2O4S. The Bertz CT molecular complexity index is 1220. The monoisotopic (exact) mass is 428 g/mol. The molecule has 0 N–H and O–H groups in total. The van der Waals surface area contributed by atoms with E-state index in [1.165, 1.54) is 17.8 Å². The third kappa shape index (κ3) is 4.46. The van der Waals surface area contributed by atoms with Crippen molar-refractivity contribution >= 4 is 34.3 Å². The number of halogens is 1. The van der Waals surface area contributed by atoms with Crippen LogP contribution >= 0.6 is 23.4 Å². The van der Waals surface area contributed by atoms with Gasteiger partial charge in [-0.05, 0) is 47.9 Å². The highest BCUT2D eigenvalue weighted by Gasteiger charge is 2.12. The molecule has 0 amide bonds. The number of fused-ring (bicyclic) bond motifs is 1. The summed E-state index contributed by atoms with van der Waals surface area (Å²) in [4.78, 5) is 11.9. The van der Waals surface area contributed by atoms with Gasteiger partial charge in [-0.25, -0.2) is 4.79 Å². The van der Waals surface area contributed by atoms with Gasteiger partial charge in [0.1, 0.15) is 11.3 Å². The number of benzene rings is 2. The number of aromatic nitrogens is 2. The maximum absolute atomic E-state index is 11.9. The van der Waals surface area contributed by atoms with Crippen molar-refractivity contribution in [2.24, 2.45) is 0 Å². The van der Waals surface area contributed by atoms with Crippen LogP contribution in [0.25, 0.3) is 11.0 Å². The molecule has 4 rings (SSSR count). The topological polar surface area (TPSA) is 78.4 Å². The van der Waals surface area contributed by atoms with Gasteiger partial charge in [0.15, 0.2) is 0 Å². The van der Waals surface area contributed by atoms with E-state index in [0.717, 1.165) is 27.8 Å². The second-order valence-electron chi connectivity index (χ2n) is 6.46. The Kier molecular flexibility index (Phi) is 5.60. The molecule has 2 aromatic carbocycles. The Hall–Kier alpha value is -2.77. The Morgan fingerprint density at radius 3 is 2.66 bits per heavy atom. The van der Waals surface area contributed by atoms with E-state index in [0.29, 0.717) is 33.9 Å². The normalized spacial score (nSPS) is 11.1. The maximum Gasteiger partial charge on any atom is 0.336 e. The van der Waals surface area contributed by atoms with Gasteiger partial charge in [0.2, 0.25) is 5.89 Å². The second-order valence-corrected chi connectivity index (χ2v) is 7.80. The Morgan fingerprint density at radius 1 is 1.10 bits per heavy atom. The maximum atomic E-state index is 11.9. The van der Waals surface area contributed by atoms with Gasteiger partial charge in [0, 0.05) is 22.2 Å². The number of rotatable bonds is 6. The molecule has 0 bridgehead atoms. The van der Waals surface area contributed by atoms with E-state index in [1.807, 2.05) is 37.3 Å². The number of thioether (sulfide) groups is 1. The van der Waals surface area contributed by atoms with Crippen molar-refractivity contribution in [1.29, 1.82) is 0 Å². The number of nitrogens with zero attached hydrogens (tertiary/aromatic N) is 2. The molecule has 29 heavy (non-hydrogen) atoms. The zero-order valence-electron chi connectivity index (χ0n) is 15.8. The summed E-state index contributed by atoms with van der Waals surface area (Å²) in [6.07, 6.45) is 0.532. The van der Waals surface area contributed by atoms with Crippen LogP contribution in [0.5, 0.6) is 5.75 Å². The number of hydrogen-bond donors (Lipinski definition) is 0. The van der Waals surface area contributed by atoms with Gasteiger partial charge in [0.25, 0.3) is 5.22 Å². The zero-order chi connectivity index (χ0) is 20.4. The summed E-state index contributed by atoms with van der Waals surface area (Å²) in [5, 5.41) is 10.0. The first-order valence-electron chi connectivity index (χ1n) is 8.83. The van der Waals surface area contributed by atoms with Crippen LogP contribution in [-0.2, 0) is 12.2 Å². The fourth-order valence-electron chi connectivity index (χ4n) is 2.89. The SMILES string of the molecule is COc1ccc(Cc2nnc(SCc3cc(=O)oc4cc(C)c(Cl)cc34)o2)cc1. The molecule has 8 heteroatoms. The Labute approximate surface area is 175 Å². The largest absolute Gasteiger partial charge is 0.497 e. The molecule has 0 radical (unpaired) electrons. The summed E-state index contributed by atoms with van der Waals surface area (Å²) in [6.45, 7) is 1.87. The summed E-state index contributed by atoms with van der Waals surface area (Å²) in [7, 11) is 1.63. The van der Waals surface area contributed by atoms with Crippen molar-refractivity contribution in [3.05, 3.63) is 80.5 Å². The van der Waals surface area contributed by atoms with Crippen molar-refractivity contribution in [2.75, 3.05) is 7.11 Å². The fraction of sp³-hybridized carbons (Fsp3) is 0.190. The van der Waals surface area contributed by atoms with E-state index in [4.69, 9.17) is 25.2 Å². The molecule has 148 valence electrons. The standard InChI is InChI=1S/C21H17ClN2O4S/c1-12-7-18-16(10-17(12)22)14(9-20(25)27-18)11-29-21-24-23-19(28-21)8-13-3-5-15(26-2)6-4-13/h3-7,9-10H,8,11H2,1-2H3. The molecule has 0 saturated heterocycles. The molecule has 0 spiro atoms. The first-order valence-corrected chi connectivity index (χ1v) is 10.2. The van der Waals surface area contributed by atoms with Gasteiger partial charge >= 0.3 is 5.63 Å². The van der Waals surface area contributed by atoms with Crippen LogP contribution < -0.4 is 10.4 Å². The molecule has 2 heterocycles. The van der Waals surface area contributed by atoms with E-state index >= 15 is 0 Å². The molecule has 0 aliphatic heterocycles. The average molecular weight is 429 g/mol. The van der Waals surface area contributed by atoms with Crippen molar-refractivity contribution in [2.45, 2.75) is 24.3 Å². The summed E-state index contributed by atoms with van der Waals surface area (Å²) in [5.41, 5.74) is 2.81. The number of ether oxygens (including phenoxy) is 1. The Balaban J connectivity index is 1.50. The Morgan fingerprint density at radius 2 is 1.90 bits per heavy atom. The molecule has 0 fully saturated rings. The molecule has 2 aromatic heterocycles. The minimum atomic E-state index is -0.402. The molecular weight excluding hydrogens is 412 g/mol. The summed E-state index contributed by atoms with van der Waals surface area (Å²) in [6, 6.07) is 12.7. The van der Waals surface area contributed by atoms with Crippen molar-refractivity contribution < 1.29 is 13.6 Å². The van der Waals surface area contributed by atoms with E-state index in [9.17, 15) is 4.79 Å². The van der Waals surface area contributed by atoms with Gasteiger partial charge in [-0.15, -0.1) is 10.2 Å². The van der Waals surface area contributed by atoms with E-state index in [2.05, 4.69) is 10.2 Å². The lowest BCUT2D eigenvalue weighted by atomic mass is 10.1. The van der Waals surface area contributed by atoms with E-state index in [-0.39, 0.29) is 0 Å². The van der Waals surface area contributed by atoms with E-state index in [1.54, 1.807) is 13.2 Å². The molecule has 6 nitrogen and oxygen atoms in total. The van der Waals surface area contributed by atoms with Crippen LogP contribution in [0, 0.1) is 6.92 Å². The molecule has 0 aliphatic rings. The first kappa shape index (κ1) is 19.5. The number of methoxy groups -OCH3 is 1. The van der Waals surface area contributed by atoms with Gasteiger partial charge in [0.05, 0.1) is 13.5 Å². The lowest BCUT2D eigenvalue weighted by molar-refractivity contribution is 0.413. The van der Waals surface area contributed by atoms with Gasteiger partial charge in [-0.3, -0.25) is 0 Å². The second kappa shape index (κ2) is 8.31. The third-order valence-corrected chi connectivity index (χ3v) is 5.70. The van der Waals surface area contributed by atoms with Crippen LogP contribution in [0.1, 0.15) is 22.6 Å². The third-order valence-electron chi connectivity index (χ3n) is 4.42. The van der Waals surface area contributed by atoms with Crippen molar-refractivity contribution in [3.8, 4) is 5.75 Å². The minimum absolute atomic E-state index is 0.402. The lowest BCUT2D eigenvalue weighted by Crippen LogP contribution is -2.00. The van der Waals surface area contributed by atoms with Crippen LogP contribution in [0.4, 0.5) is 0 Å². The fourth-order valence-corrected chi connectivity index (χ4v) is 3.83. The highest BCUT2D eigenvalue weighted by Crippen LogP contribution is 2.29. The summed E-state index contributed by atoms with van der Waals surface area (Å²) >= 11 is 7.60. The van der Waals surface area contributed by atoms with Crippen LogP contribution in [-0.4, -0.2) is 17.3 Å². The summed E-state index contributed by atoms with van der Waals surface area (Å²) in [5.74, 6) is 1.80. The van der Waals surface area contributed by atoms with Crippen molar-refractivity contribution in [1.82, 2.24) is 10.2 Å². The lowest BCUT2D eigenvalue weighted by Gasteiger charge is -2.06. The van der Waals surface area contributed by atoms with Crippen LogP contribution in [0.15, 0.2) is 61.3 Å². The highest BCUT2D eigenvalue weighted by atomic mass is 35.5. The molecule has 0 atom stereocenters. The molecule has 0 saturated carbocycles. The van der Waals surface area contributed by atoms with Gasteiger partial charge < -0.3 is 13.6 Å². The first-order chi connectivity index (χ1) is 14.0. The number of aryl methyl sites for hydroxylation is 1. The molecule has 0 aliphatic carbocycles. The zero-order valence-corrected chi connectivity index (χ0v) is 17.3. The van der Waals surface area contributed by atoms with Gasteiger partial charge in [-0.2, -0.15) is 0 Å². The molecule has 0 unspecified atom stereocenters. The van der Waals surface area contributed by atoms with Crippen LogP contribution in [0.3, 0.4) is 0 Å². The van der Waals surface area contributed by atoms with Crippen molar-refractivity contribution in [3.63, 3.8) is 0 Å². The average Bonchev–Trinajstić information content (AvgIpc) is 3.15. The quantitative estimate of drug-likeness (QED) is 0.315. The highest BCUT2D eigenvalue weighted by molar-refractivity contribution is 7.98. The predicted molar refractivity (Wildman–Crippen MR) is 112 cm³/mol. The van der Waals surface area contributed by atoms with Gasteiger partial charge in [-0.1, -0.05) is 35.5 Å². The van der Waals surface area contributed by atoms with Crippen LogP contribution in [0.2, 0.25) is 5.02 Å². The molecule has 4 aromatic rings. The smallest absolute Gasteiger partial charge is 0.336 e. The summed E-state index contributed by atoms with van der Waals surface area (Å²) < 4.78 is 16.2.